The van der Waals surface area contributed by atoms with Gasteiger partial charge in [0.2, 0.25) is 5.91 Å². The van der Waals surface area contributed by atoms with Crippen molar-refractivity contribution < 1.29 is 14.7 Å². The van der Waals surface area contributed by atoms with Gasteiger partial charge in [0.1, 0.15) is 0 Å². The van der Waals surface area contributed by atoms with E-state index >= 15 is 0 Å². The maximum Gasteiger partial charge on any atom is 0.308 e. The molecule has 2 heterocycles. The highest BCUT2D eigenvalue weighted by Gasteiger charge is 2.30. The maximum absolute atomic E-state index is 12.3. The number of aliphatic carboxylic acids is 1. The number of carbonyl (C=O) groups excluding carboxylic acids is 1. The molecule has 0 saturated carbocycles. The van der Waals surface area contributed by atoms with E-state index in [4.69, 9.17) is 5.11 Å². The van der Waals surface area contributed by atoms with E-state index < -0.39 is 11.9 Å². The Kier molecular flexibility index (Phi) is 4.58. The van der Waals surface area contributed by atoms with Crippen molar-refractivity contribution in [2.45, 2.75) is 26.2 Å². The molecule has 1 N–H and O–H groups in total. The molecule has 0 aliphatic carbocycles. The summed E-state index contributed by atoms with van der Waals surface area (Å²) in [7, 11) is 0. The second-order valence-electron chi connectivity index (χ2n) is 5.15. The first-order chi connectivity index (χ1) is 9.08. The first-order valence-corrected chi connectivity index (χ1v) is 7.50. The van der Waals surface area contributed by atoms with Gasteiger partial charge in [0.05, 0.1) is 5.92 Å². The highest BCUT2D eigenvalue weighted by Crippen LogP contribution is 2.21. The molecule has 0 bridgehead atoms. The summed E-state index contributed by atoms with van der Waals surface area (Å²) in [6.07, 6.45) is 2.21. The summed E-state index contributed by atoms with van der Waals surface area (Å²) in [5, 5.41) is 11.1. The minimum Gasteiger partial charge on any atom is -0.481 e. The van der Waals surface area contributed by atoms with Gasteiger partial charge in [0.15, 0.2) is 0 Å². The molecule has 4 nitrogen and oxygen atoms in total. The number of likely N-dealkylation sites (tertiary alicyclic amines) is 1. The molecule has 1 fully saturated rings. The smallest absolute Gasteiger partial charge is 0.308 e. The largest absolute Gasteiger partial charge is 0.481 e. The maximum atomic E-state index is 12.3. The summed E-state index contributed by atoms with van der Waals surface area (Å²) in [6, 6.07) is 4.02. The van der Waals surface area contributed by atoms with Crippen molar-refractivity contribution in [3.8, 4) is 0 Å². The number of piperidine rings is 1. The van der Waals surface area contributed by atoms with Crippen LogP contribution in [0.2, 0.25) is 0 Å². The number of nitrogens with zero attached hydrogens (tertiary/aromatic N) is 1. The number of carboxylic acids is 1. The van der Waals surface area contributed by atoms with Crippen LogP contribution in [0.15, 0.2) is 17.5 Å². The molecular formula is C14H19NO3S. The molecule has 1 amide bonds. The predicted octanol–water partition coefficient (Wildman–Crippen LogP) is 2.25. The fourth-order valence-electron chi connectivity index (χ4n) is 2.51. The van der Waals surface area contributed by atoms with Crippen LogP contribution in [-0.4, -0.2) is 35.0 Å². The lowest BCUT2D eigenvalue weighted by molar-refractivity contribution is -0.146. The molecule has 2 rings (SSSR count). The molecule has 2 atom stereocenters. The van der Waals surface area contributed by atoms with Crippen molar-refractivity contribution >= 4 is 23.2 Å². The molecule has 5 heteroatoms. The Balaban J connectivity index is 1.93. The third-order valence-corrected chi connectivity index (χ3v) is 4.49. The monoisotopic (exact) mass is 281 g/mol. The molecule has 1 aliphatic heterocycles. The molecule has 1 saturated heterocycles. The zero-order chi connectivity index (χ0) is 13.8. The van der Waals surface area contributed by atoms with Gasteiger partial charge in [-0.05, 0) is 30.7 Å². The van der Waals surface area contributed by atoms with Crippen LogP contribution in [0.1, 0.15) is 24.6 Å². The van der Waals surface area contributed by atoms with Gasteiger partial charge in [-0.15, -0.1) is 11.3 Å². The molecule has 0 radical (unpaired) electrons. The molecular weight excluding hydrogens is 262 g/mol. The van der Waals surface area contributed by atoms with E-state index in [0.717, 1.165) is 12.8 Å². The van der Waals surface area contributed by atoms with Crippen LogP contribution < -0.4 is 0 Å². The minimum absolute atomic E-state index is 0.0776. The highest BCUT2D eigenvalue weighted by atomic mass is 32.1. The predicted molar refractivity (Wildman–Crippen MR) is 74.1 cm³/mol. The van der Waals surface area contributed by atoms with E-state index in [1.807, 2.05) is 24.4 Å². The molecule has 0 spiro atoms. The Labute approximate surface area is 117 Å². The number of thiophene rings is 1. The topological polar surface area (TPSA) is 57.6 Å². The Morgan fingerprint density at radius 1 is 1.58 bits per heavy atom. The van der Waals surface area contributed by atoms with E-state index in [9.17, 15) is 9.59 Å². The summed E-state index contributed by atoms with van der Waals surface area (Å²) >= 11 is 1.66. The average Bonchev–Trinajstić information content (AvgIpc) is 2.90. The van der Waals surface area contributed by atoms with Crippen LogP contribution in [0.3, 0.4) is 0 Å². The van der Waals surface area contributed by atoms with Gasteiger partial charge in [-0.3, -0.25) is 9.59 Å². The van der Waals surface area contributed by atoms with Crippen LogP contribution in [0.25, 0.3) is 0 Å². The Bertz CT molecular complexity index is 444. The average molecular weight is 281 g/mol. The van der Waals surface area contributed by atoms with Crippen molar-refractivity contribution in [2.75, 3.05) is 13.1 Å². The van der Waals surface area contributed by atoms with Gasteiger partial charge in [-0.1, -0.05) is 13.0 Å². The lowest BCUT2D eigenvalue weighted by Crippen LogP contribution is -2.44. The van der Waals surface area contributed by atoms with Gasteiger partial charge in [-0.2, -0.15) is 0 Å². The Morgan fingerprint density at radius 2 is 2.37 bits per heavy atom. The molecule has 1 aromatic rings. The number of rotatable bonds is 4. The van der Waals surface area contributed by atoms with Crippen molar-refractivity contribution in [3.63, 3.8) is 0 Å². The Hall–Kier alpha value is -1.36. The normalized spacial score (nSPS) is 21.1. The van der Waals surface area contributed by atoms with E-state index in [-0.39, 0.29) is 11.8 Å². The van der Waals surface area contributed by atoms with Crippen molar-refractivity contribution in [3.05, 3.63) is 22.4 Å². The fraction of sp³-hybridized carbons (Fsp3) is 0.571. The Morgan fingerprint density at radius 3 is 3.00 bits per heavy atom. The molecule has 19 heavy (non-hydrogen) atoms. The van der Waals surface area contributed by atoms with Crippen LogP contribution in [0.5, 0.6) is 0 Å². The third-order valence-electron chi connectivity index (χ3n) is 3.59. The van der Waals surface area contributed by atoms with Gasteiger partial charge in [-0.25, -0.2) is 0 Å². The van der Waals surface area contributed by atoms with E-state index in [1.54, 1.807) is 16.2 Å². The van der Waals surface area contributed by atoms with Gasteiger partial charge in [0, 0.05) is 23.9 Å². The van der Waals surface area contributed by atoms with E-state index in [0.29, 0.717) is 19.5 Å². The second kappa shape index (κ2) is 6.19. The van der Waals surface area contributed by atoms with Crippen LogP contribution in [0, 0.1) is 11.8 Å². The summed E-state index contributed by atoms with van der Waals surface area (Å²) < 4.78 is 0. The van der Waals surface area contributed by atoms with Crippen LogP contribution in [-0.2, 0) is 16.0 Å². The van der Waals surface area contributed by atoms with Gasteiger partial charge in [0.25, 0.3) is 0 Å². The SMILES string of the molecule is C[C@@H](Cc1cccs1)C(=O)N1CCC[C@H](C(=O)O)C1. The lowest BCUT2D eigenvalue weighted by Gasteiger charge is -2.32. The summed E-state index contributed by atoms with van der Waals surface area (Å²) in [5.41, 5.74) is 0. The quantitative estimate of drug-likeness (QED) is 0.921. The standard InChI is InChI=1S/C14H19NO3S/c1-10(8-12-5-3-7-19-12)13(16)15-6-2-4-11(9-15)14(17)18/h3,5,7,10-11H,2,4,6,8-9H2,1H3,(H,17,18)/t10-,11-/m0/s1. The van der Waals surface area contributed by atoms with Crippen LogP contribution >= 0.6 is 11.3 Å². The summed E-state index contributed by atoms with van der Waals surface area (Å²) in [5.74, 6) is -1.18. The number of carbonyl (C=O) groups is 2. The number of carboxylic acid groups (broad SMARTS) is 1. The first-order valence-electron chi connectivity index (χ1n) is 6.62. The molecule has 1 aliphatic rings. The lowest BCUT2D eigenvalue weighted by atomic mass is 9.96. The van der Waals surface area contributed by atoms with Crippen molar-refractivity contribution in [1.29, 1.82) is 0 Å². The van der Waals surface area contributed by atoms with Gasteiger partial charge >= 0.3 is 5.97 Å². The molecule has 104 valence electrons. The summed E-state index contributed by atoms with van der Waals surface area (Å²) in [6.45, 7) is 2.98. The van der Waals surface area contributed by atoms with E-state index in [2.05, 4.69) is 0 Å². The molecule has 0 unspecified atom stereocenters. The zero-order valence-corrected chi connectivity index (χ0v) is 11.9. The second-order valence-corrected chi connectivity index (χ2v) is 6.18. The third kappa shape index (κ3) is 3.56. The fourth-order valence-corrected chi connectivity index (χ4v) is 3.34. The number of hydrogen-bond donors (Lipinski definition) is 1. The van der Waals surface area contributed by atoms with Crippen LogP contribution in [0.4, 0.5) is 0 Å². The van der Waals surface area contributed by atoms with E-state index in [1.165, 1.54) is 4.88 Å². The zero-order valence-electron chi connectivity index (χ0n) is 11.0. The summed E-state index contributed by atoms with van der Waals surface area (Å²) in [4.78, 5) is 26.3. The first kappa shape index (κ1) is 14.1. The molecule has 1 aromatic heterocycles. The number of hydrogen-bond acceptors (Lipinski definition) is 3. The highest BCUT2D eigenvalue weighted by molar-refractivity contribution is 7.09. The number of amides is 1. The minimum atomic E-state index is -0.789. The van der Waals surface area contributed by atoms with Crippen molar-refractivity contribution in [1.82, 2.24) is 4.90 Å². The van der Waals surface area contributed by atoms with Gasteiger partial charge < -0.3 is 10.0 Å². The molecule has 0 aromatic carbocycles. The van der Waals surface area contributed by atoms with Crippen molar-refractivity contribution in [2.24, 2.45) is 11.8 Å².